The average Bonchev–Trinajstić information content (AvgIpc) is 2.40. The maximum Gasteiger partial charge on any atom is 0.163 e. The minimum Gasteiger partial charge on any atom is -0.303 e. The van der Waals surface area contributed by atoms with E-state index in [1.807, 2.05) is 31.2 Å². The molecule has 0 aromatic heterocycles. The Hall–Kier alpha value is -1.15. The van der Waals surface area contributed by atoms with Gasteiger partial charge in [-0.15, -0.1) is 0 Å². The van der Waals surface area contributed by atoms with Gasteiger partial charge in [-0.05, 0) is 37.8 Å². The molecule has 0 aliphatic carbocycles. The highest BCUT2D eigenvalue weighted by Gasteiger charge is 2.25. The van der Waals surface area contributed by atoms with Crippen molar-refractivity contribution >= 4 is 5.78 Å². The third-order valence-corrected chi connectivity index (χ3v) is 4.32. The number of aryl methyl sites for hydroxylation is 1. The number of hydrogen-bond donors (Lipinski definition) is 0. The van der Waals surface area contributed by atoms with E-state index in [4.69, 9.17) is 0 Å². The maximum atomic E-state index is 12.1. The number of likely N-dealkylation sites (tertiary alicyclic amines) is 1. The number of hydrogen-bond acceptors (Lipinski definition) is 2. The molecular formula is C18H27NO. The number of ketones is 1. The predicted molar refractivity (Wildman–Crippen MR) is 84.2 cm³/mol. The molecule has 0 unspecified atom stereocenters. The quantitative estimate of drug-likeness (QED) is 0.665. The fourth-order valence-electron chi connectivity index (χ4n) is 3.02. The molecule has 0 bridgehead atoms. The van der Waals surface area contributed by atoms with Crippen LogP contribution >= 0.6 is 0 Å². The van der Waals surface area contributed by atoms with Gasteiger partial charge in [-0.25, -0.2) is 0 Å². The van der Waals surface area contributed by atoms with Crippen LogP contribution in [-0.4, -0.2) is 30.3 Å². The molecule has 2 rings (SSSR count). The van der Waals surface area contributed by atoms with Crippen LogP contribution in [0, 0.1) is 12.8 Å². The van der Waals surface area contributed by atoms with Crippen molar-refractivity contribution in [1.82, 2.24) is 4.90 Å². The Morgan fingerprint density at radius 2 is 2.00 bits per heavy atom. The molecule has 110 valence electrons. The Morgan fingerprint density at radius 1 is 1.25 bits per heavy atom. The molecule has 1 aliphatic rings. The number of carbonyl (C=O) groups excluding carboxylic acids is 1. The van der Waals surface area contributed by atoms with Gasteiger partial charge >= 0.3 is 0 Å². The second kappa shape index (κ2) is 7.58. The van der Waals surface area contributed by atoms with Crippen LogP contribution in [0.2, 0.25) is 0 Å². The molecule has 1 aromatic carbocycles. The lowest BCUT2D eigenvalue weighted by atomic mass is 9.93. The van der Waals surface area contributed by atoms with Crippen molar-refractivity contribution in [3.63, 3.8) is 0 Å². The fraction of sp³-hybridized carbons (Fsp3) is 0.611. The largest absolute Gasteiger partial charge is 0.303 e. The molecule has 0 radical (unpaired) electrons. The lowest BCUT2D eigenvalue weighted by Gasteiger charge is -2.39. The summed E-state index contributed by atoms with van der Waals surface area (Å²) >= 11 is 0. The van der Waals surface area contributed by atoms with Crippen LogP contribution in [0.4, 0.5) is 0 Å². The maximum absolute atomic E-state index is 12.1. The van der Waals surface area contributed by atoms with Gasteiger partial charge < -0.3 is 4.90 Å². The van der Waals surface area contributed by atoms with Crippen molar-refractivity contribution < 1.29 is 4.79 Å². The molecule has 0 spiro atoms. The highest BCUT2D eigenvalue weighted by molar-refractivity contribution is 5.97. The molecule has 1 fully saturated rings. The summed E-state index contributed by atoms with van der Waals surface area (Å²) in [4.78, 5) is 14.6. The van der Waals surface area contributed by atoms with E-state index in [1.54, 1.807) is 0 Å². The molecule has 1 heterocycles. The summed E-state index contributed by atoms with van der Waals surface area (Å²) in [5.41, 5.74) is 2.00. The number of unbranched alkanes of at least 4 members (excludes halogenated alkanes) is 1. The van der Waals surface area contributed by atoms with E-state index < -0.39 is 0 Å². The van der Waals surface area contributed by atoms with Crippen LogP contribution < -0.4 is 0 Å². The first kappa shape index (κ1) is 15.2. The topological polar surface area (TPSA) is 20.3 Å². The van der Waals surface area contributed by atoms with Crippen LogP contribution in [0.5, 0.6) is 0 Å². The Bertz CT molecular complexity index is 435. The van der Waals surface area contributed by atoms with E-state index in [2.05, 4.69) is 11.8 Å². The summed E-state index contributed by atoms with van der Waals surface area (Å²) in [6, 6.07) is 7.90. The van der Waals surface area contributed by atoms with Crippen molar-refractivity contribution in [2.24, 2.45) is 5.92 Å². The Morgan fingerprint density at radius 3 is 2.70 bits per heavy atom. The lowest BCUT2D eigenvalue weighted by molar-refractivity contribution is 0.0851. The highest BCUT2D eigenvalue weighted by Crippen LogP contribution is 2.21. The van der Waals surface area contributed by atoms with E-state index >= 15 is 0 Å². The van der Waals surface area contributed by atoms with Gasteiger partial charge in [-0.1, -0.05) is 44.0 Å². The van der Waals surface area contributed by atoms with Gasteiger partial charge in [0.05, 0.1) is 0 Å². The molecule has 2 nitrogen and oxygen atoms in total. The minimum atomic E-state index is 0.297. The first-order valence-corrected chi connectivity index (χ1v) is 8.02. The van der Waals surface area contributed by atoms with E-state index in [1.165, 1.54) is 32.4 Å². The van der Waals surface area contributed by atoms with Crippen molar-refractivity contribution in [3.8, 4) is 0 Å². The summed E-state index contributed by atoms with van der Waals surface area (Å²) < 4.78 is 0. The number of Topliss-reactive ketones (excluding diaryl/α,β-unsaturated/α-hetero) is 1. The van der Waals surface area contributed by atoms with Gasteiger partial charge in [-0.3, -0.25) is 4.79 Å². The standard InChI is InChI=1S/C18H27NO/c1-3-4-9-16-13-19(14-16)12-7-11-18(20)17-10-6-5-8-15(17)2/h5-6,8,10,16H,3-4,7,9,11-14H2,1-2H3. The van der Waals surface area contributed by atoms with Crippen molar-refractivity contribution in [2.45, 2.75) is 46.0 Å². The van der Waals surface area contributed by atoms with Gasteiger partial charge in [0.25, 0.3) is 0 Å². The molecule has 2 heteroatoms. The number of benzene rings is 1. The van der Waals surface area contributed by atoms with E-state index in [0.717, 1.165) is 30.0 Å². The Balaban J connectivity index is 1.63. The Kier molecular flexibility index (Phi) is 5.78. The van der Waals surface area contributed by atoms with Crippen molar-refractivity contribution in [2.75, 3.05) is 19.6 Å². The molecular weight excluding hydrogens is 246 g/mol. The van der Waals surface area contributed by atoms with E-state index in [9.17, 15) is 4.79 Å². The molecule has 0 saturated carbocycles. The third kappa shape index (κ3) is 4.17. The lowest BCUT2D eigenvalue weighted by Crippen LogP contribution is -2.46. The SMILES string of the molecule is CCCCC1CN(CCCC(=O)c2ccccc2C)C1. The summed E-state index contributed by atoms with van der Waals surface area (Å²) in [6.07, 6.45) is 5.73. The normalized spacial score (nSPS) is 16.1. The summed E-state index contributed by atoms with van der Waals surface area (Å²) in [5.74, 6) is 1.22. The monoisotopic (exact) mass is 273 g/mol. The second-order valence-electron chi connectivity index (χ2n) is 6.11. The van der Waals surface area contributed by atoms with Gasteiger partial charge in [0.1, 0.15) is 0 Å². The summed E-state index contributed by atoms with van der Waals surface area (Å²) in [7, 11) is 0. The van der Waals surface area contributed by atoms with Crippen LogP contribution in [-0.2, 0) is 0 Å². The van der Waals surface area contributed by atoms with Crippen LogP contribution in [0.3, 0.4) is 0 Å². The number of nitrogens with zero attached hydrogens (tertiary/aromatic N) is 1. The molecule has 0 N–H and O–H groups in total. The highest BCUT2D eigenvalue weighted by atomic mass is 16.1. The number of carbonyl (C=O) groups is 1. The summed E-state index contributed by atoms with van der Waals surface area (Å²) in [6.45, 7) is 7.85. The van der Waals surface area contributed by atoms with Gasteiger partial charge in [-0.2, -0.15) is 0 Å². The minimum absolute atomic E-state index is 0.297. The van der Waals surface area contributed by atoms with Gasteiger partial charge in [0.2, 0.25) is 0 Å². The molecule has 0 amide bonds. The zero-order valence-corrected chi connectivity index (χ0v) is 12.9. The van der Waals surface area contributed by atoms with Crippen molar-refractivity contribution in [1.29, 1.82) is 0 Å². The molecule has 1 aromatic rings. The van der Waals surface area contributed by atoms with Crippen LogP contribution in [0.25, 0.3) is 0 Å². The van der Waals surface area contributed by atoms with Crippen molar-refractivity contribution in [3.05, 3.63) is 35.4 Å². The summed E-state index contributed by atoms with van der Waals surface area (Å²) in [5, 5.41) is 0. The molecule has 1 aliphatic heterocycles. The second-order valence-corrected chi connectivity index (χ2v) is 6.11. The van der Waals surface area contributed by atoms with Gasteiger partial charge in [0.15, 0.2) is 5.78 Å². The molecule has 0 atom stereocenters. The fourth-order valence-corrected chi connectivity index (χ4v) is 3.02. The van der Waals surface area contributed by atoms with Gasteiger partial charge in [0, 0.05) is 25.1 Å². The average molecular weight is 273 g/mol. The first-order valence-electron chi connectivity index (χ1n) is 8.02. The van der Waals surface area contributed by atoms with Crippen LogP contribution in [0.1, 0.15) is 54.9 Å². The molecule has 20 heavy (non-hydrogen) atoms. The van der Waals surface area contributed by atoms with Crippen LogP contribution in [0.15, 0.2) is 24.3 Å². The zero-order valence-electron chi connectivity index (χ0n) is 12.9. The molecule has 1 saturated heterocycles. The van der Waals surface area contributed by atoms with E-state index in [0.29, 0.717) is 12.2 Å². The smallest absolute Gasteiger partial charge is 0.163 e. The predicted octanol–water partition coefficient (Wildman–Crippen LogP) is 4.08. The Labute approximate surface area is 123 Å². The zero-order chi connectivity index (χ0) is 14.4. The van der Waals surface area contributed by atoms with E-state index in [-0.39, 0.29) is 0 Å². The number of rotatable bonds is 8. The first-order chi connectivity index (χ1) is 9.70. The third-order valence-electron chi connectivity index (χ3n) is 4.32.